The molecule has 0 aliphatic carbocycles. The fourth-order valence-electron chi connectivity index (χ4n) is 3.00. The number of hydrogen-bond acceptors (Lipinski definition) is 7. The smallest absolute Gasteiger partial charge is 0.479 e. The van der Waals surface area contributed by atoms with Gasteiger partial charge in [-0.15, -0.1) is 0 Å². The Morgan fingerprint density at radius 1 is 1.06 bits per heavy atom. The van der Waals surface area contributed by atoms with E-state index in [1.165, 1.54) is 0 Å². The summed E-state index contributed by atoms with van der Waals surface area (Å²) < 4.78 is 21.5. The molecule has 3 rings (SSSR count). The number of furan rings is 1. The first-order valence-electron chi connectivity index (χ1n) is 9.66. The Kier molecular flexibility index (Phi) is 6.81. The van der Waals surface area contributed by atoms with E-state index in [2.05, 4.69) is 5.32 Å². The zero-order chi connectivity index (χ0) is 22.4. The molecule has 0 saturated heterocycles. The maximum atomic E-state index is 12.1. The minimum atomic E-state index is -1.25. The van der Waals surface area contributed by atoms with E-state index in [0.717, 1.165) is 0 Å². The second kappa shape index (κ2) is 9.71. The number of carboxylic acid groups (broad SMARTS) is 1. The molecule has 0 fully saturated rings. The molecule has 1 unspecified atom stereocenters. The van der Waals surface area contributed by atoms with Crippen molar-refractivity contribution in [3.8, 4) is 17.2 Å². The van der Waals surface area contributed by atoms with Crippen LogP contribution in [0.1, 0.15) is 30.0 Å². The molecule has 3 aromatic rings. The van der Waals surface area contributed by atoms with Crippen LogP contribution in [-0.2, 0) is 9.53 Å². The highest BCUT2D eigenvalue weighted by atomic mass is 16.7. The van der Waals surface area contributed by atoms with Gasteiger partial charge < -0.3 is 29.1 Å². The van der Waals surface area contributed by atoms with E-state index in [-0.39, 0.29) is 23.9 Å². The Balaban J connectivity index is 1.90. The van der Waals surface area contributed by atoms with Crippen LogP contribution in [0.4, 0.5) is 10.5 Å². The molecule has 1 aromatic heterocycles. The molecule has 2 aromatic carbocycles. The number of carboxylic acids is 1. The molecular weight excluding hydrogens is 402 g/mol. The largest absolute Gasteiger partial charge is 0.513 e. The molecular formula is C23H23NO7. The van der Waals surface area contributed by atoms with Gasteiger partial charge in [0, 0.05) is 5.56 Å². The summed E-state index contributed by atoms with van der Waals surface area (Å²) in [6.07, 6.45) is -0.887. The van der Waals surface area contributed by atoms with Crippen LogP contribution in [0.3, 0.4) is 0 Å². The lowest BCUT2D eigenvalue weighted by molar-refractivity contribution is -0.138. The normalized spacial score (nSPS) is 11.5. The third-order valence-corrected chi connectivity index (χ3v) is 4.41. The first kappa shape index (κ1) is 21.8. The summed E-state index contributed by atoms with van der Waals surface area (Å²) in [5, 5.41) is 12.8. The van der Waals surface area contributed by atoms with Gasteiger partial charge in [0.05, 0.1) is 12.3 Å². The second-order valence-corrected chi connectivity index (χ2v) is 6.59. The topological polar surface area (TPSA) is 107 Å². The number of benzene rings is 2. The number of ether oxygens (including phenoxy) is 3. The molecule has 31 heavy (non-hydrogen) atoms. The van der Waals surface area contributed by atoms with Crippen LogP contribution in [0.5, 0.6) is 17.2 Å². The highest BCUT2D eigenvalue weighted by molar-refractivity contribution is 5.80. The van der Waals surface area contributed by atoms with Crippen molar-refractivity contribution in [3.05, 3.63) is 71.7 Å². The van der Waals surface area contributed by atoms with Gasteiger partial charge in [-0.25, -0.2) is 9.59 Å². The van der Waals surface area contributed by atoms with Gasteiger partial charge in [-0.05, 0) is 45.0 Å². The summed E-state index contributed by atoms with van der Waals surface area (Å²) in [6.45, 7) is 5.00. The van der Waals surface area contributed by atoms with E-state index in [0.29, 0.717) is 22.7 Å². The Labute approximate surface area is 179 Å². The van der Waals surface area contributed by atoms with E-state index >= 15 is 0 Å². The lowest BCUT2D eigenvalue weighted by Crippen LogP contribution is -2.21. The number of aliphatic carboxylic acids is 1. The van der Waals surface area contributed by atoms with Crippen LogP contribution in [0.2, 0.25) is 0 Å². The molecule has 0 amide bonds. The summed E-state index contributed by atoms with van der Waals surface area (Å²) in [7, 11) is 0. The van der Waals surface area contributed by atoms with Crippen molar-refractivity contribution in [2.24, 2.45) is 0 Å². The van der Waals surface area contributed by atoms with Crippen LogP contribution >= 0.6 is 0 Å². The Bertz CT molecular complexity index is 1060. The summed E-state index contributed by atoms with van der Waals surface area (Å²) in [5.41, 5.74) is 0.840. The maximum Gasteiger partial charge on any atom is 0.513 e. The number of nitrogens with one attached hydrogen (secondary N) is 1. The zero-order valence-corrected chi connectivity index (χ0v) is 17.4. The van der Waals surface area contributed by atoms with Gasteiger partial charge in [-0.1, -0.05) is 30.3 Å². The number of aryl methyl sites for hydroxylation is 1. The first-order valence-corrected chi connectivity index (χ1v) is 9.66. The summed E-state index contributed by atoms with van der Waals surface area (Å²) in [6, 6.07) is 14.9. The number of anilines is 1. The third-order valence-electron chi connectivity index (χ3n) is 4.41. The highest BCUT2D eigenvalue weighted by Crippen LogP contribution is 2.37. The molecule has 0 aliphatic rings. The maximum absolute atomic E-state index is 12.1. The number of rotatable bonds is 8. The monoisotopic (exact) mass is 425 g/mol. The minimum absolute atomic E-state index is 0.110. The fraction of sp³-hybridized carbons (Fsp3) is 0.217. The van der Waals surface area contributed by atoms with Crippen molar-refractivity contribution < 1.29 is 33.3 Å². The standard InChI is InChI=1S/C23H23NO7/c1-4-28-23(27)31-20-14(2)21(29-15(20)3)19(22(25)26)24-17-12-8-9-13-18(17)30-16-10-6-5-7-11-16/h5-13,19,24H,4H2,1-3H3,(H,25,26). The SMILES string of the molecule is CCOC(=O)Oc1c(C)oc(C(Nc2ccccc2Oc2ccccc2)C(=O)O)c1C. The van der Waals surface area contributed by atoms with E-state index in [1.54, 1.807) is 57.2 Å². The molecule has 162 valence electrons. The van der Waals surface area contributed by atoms with Crippen molar-refractivity contribution in [2.75, 3.05) is 11.9 Å². The van der Waals surface area contributed by atoms with Gasteiger partial charge >= 0.3 is 12.1 Å². The average molecular weight is 425 g/mol. The predicted molar refractivity (Wildman–Crippen MR) is 113 cm³/mol. The lowest BCUT2D eigenvalue weighted by atomic mass is 10.1. The lowest BCUT2D eigenvalue weighted by Gasteiger charge is -2.17. The third kappa shape index (κ3) is 5.16. The van der Waals surface area contributed by atoms with Gasteiger partial charge in [0.2, 0.25) is 0 Å². The highest BCUT2D eigenvalue weighted by Gasteiger charge is 2.30. The van der Waals surface area contributed by atoms with Crippen molar-refractivity contribution in [1.82, 2.24) is 0 Å². The molecule has 0 aliphatic heterocycles. The number of para-hydroxylation sites is 3. The molecule has 0 bridgehead atoms. The van der Waals surface area contributed by atoms with Crippen molar-refractivity contribution in [3.63, 3.8) is 0 Å². The van der Waals surface area contributed by atoms with Gasteiger partial charge in [0.15, 0.2) is 17.5 Å². The fourth-order valence-corrected chi connectivity index (χ4v) is 3.00. The van der Waals surface area contributed by atoms with E-state index in [1.807, 2.05) is 18.2 Å². The van der Waals surface area contributed by atoms with Crippen molar-refractivity contribution >= 4 is 17.8 Å². The average Bonchev–Trinajstić information content (AvgIpc) is 3.01. The van der Waals surface area contributed by atoms with Crippen molar-refractivity contribution in [2.45, 2.75) is 26.8 Å². The van der Waals surface area contributed by atoms with Gasteiger partial charge in [0.25, 0.3) is 0 Å². The predicted octanol–water partition coefficient (Wildman–Crippen LogP) is 5.46. The number of hydrogen-bond donors (Lipinski definition) is 2. The number of carbonyl (C=O) groups is 2. The van der Waals surface area contributed by atoms with Crippen LogP contribution in [0, 0.1) is 13.8 Å². The summed E-state index contributed by atoms with van der Waals surface area (Å²) >= 11 is 0. The summed E-state index contributed by atoms with van der Waals surface area (Å²) in [5.74, 6) is 0.397. The quantitative estimate of drug-likeness (QED) is 0.458. The van der Waals surface area contributed by atoms with Crippen LogP contribution in [0.25, 0.3) is 0 Å². The van der Waals surface area contributed by atoms with Crippen molar-refractivity contribution in [1.29, 1.82) is 0 Å². The Morgan fingerprint density at radius 3 is 2.42 bits per heavy atom. The molecule has 1 atom stereocenters. The van der Waals surface area contributed by atoms with Crippen LogP contribution < -0.4 is 14.8 Å². The molecule has 0 spiro atoms. The number of carbonyl (C=O) groups excluding carboxylic acids is 1. The van der Waals surface area contributed by atoms with E-state index in [9.17, 15) is 14.7 Å². The van der Waals surface area contributed by atoms with Crippen LogP contribution in [-0.4, -0.2) is 23.8 Å². The summed E-state index contributed by atoms with van der Waals surface area (Å²) in [4.78, 5) is 23.8. The van der Waals surface area contributed by atoms with Gasteiger partial charge in [-0.2, -0.15) is 0 Å². The Hall–Kier alpha value is -3.94. The molecule has 1 heterocycles. The zero-order valence-electron chi connectivity index (χ0n) is 17.4. The van der Waals surface area contributed by atoms with E-state index < -0.39 is 18.2 Å². The second-order valence-electron chi connectivity index (χ2n) is 6.59. The molecule has 0 saturated carbocycles. The van der Waals surface area contributed by atoms with Gasteiger partial charge in [-0.3, -0.25) is 0 Å². The van der Waals surface area contributed by atoms with E-state index in [4.69, 9.17) is 18.6 Å². The van der Waals surface area contributed by atoms with Crippen LogP contribution in [0.15, 0.2) is 59.0 Å². The minimum Gasteiger partial charge on any atom is -0.479 e. The molecule has 2 N–H and O–H groups in total. The Morgan fingerprint density at radius 2 is 1.74 bits per heavy atom. The molecule has 8 nitrogen and oxygen atoms in total. The molecule has 8 heteroatoms. The van der Waals surface area contributed by atoms with Gasteiger partial charge in [0.1, 0.15) is 17.3 Å². The molecule has 0 radical (unpaired) electrons. The first-order chi connectivity index (χ1) is 14.9.